The van der Waals surface area contributed by atoms with Crippen LogP contribution in [0.15, 0.2) is 36.7 Å². The number of carbonyl (C=O) groups excluding carboxylic acids is 1. The van der Waals surface area contributed by atoms with Gasteiger partial charge in [0.1, 0.15) is 18.0 Å². The minimum absolute atomic E-state index is 0.0297. The molecule has 4 aromatic rings. The lowest BCUT2D eigenvalue weighted by molar-refractivity contribution is 0.0561. The summed E-state index contributed by atoms with van der Waals surface area (Å²) >= 11 is 12.9. The van der Waals surface area contributed by atoms with E-state index in [0.29, 0.717) is 26.9 Å². The zero-order valence-corrected chi connectivity index (χ0v) is 24.2. The van der Waals surface area contributed by atoms with Gasteiger partial charge in [-0.05, 0) is 76.5 Å². The Labute approximate surface area is 239 Å². The molecule has 206 valence electrons. The van der Waals surface area contributed by atoms with E-state index in [2.05, 4.69) is 44.1 Å². The second-order valence-electron chi connectivity index (χ2n) is 10.5. The average molecular weight is 569 g/mol. The highest BCUT2D eigenvalue weighted by atomic mass is 35.5. The summed E-state index contributed by atoms with van der Waals surface area (Å²) in [6, 6.07) is 9.17. The largest absolute Gasteiger partial charge is 0.360 e. The molecule has 0 unspecified atom stereocenters. The molecule has 1 amide bonds. The molecule has 1 aliphatic heterocycles. The van der Waals surface area contributed by atoms with Crippen molar-refractivity contribution in [2.24, 2.45) is 0 Å². The number of hydrogen-bond acceptors (Lipinski definition) is 6. The van der Waals surface area contributed by atoms with Crippen molar-refractivity contribution in [3.05, 3.63) is 58.1 Å². The highest BCUT2D eigenvalue weighted by molar-refractivity contribution is 6.35. The van der Waals surface area contributed by atoms with E-state index in [4.69, 9.17) is 23.2 Å². The van der Waals surface area contributed by atoms with Gasteiger partial charge in [0.15, 0.2) is 0 Å². The van der Waals surface area contributed by atoms with E-state index in [9.17, 15) is 4.79 Å². The van der Waals surface area contributed by atoms with Crippen molar-refractivity contribution in [1.29, 1.82) is 0 Å². The number of benzene rings is 2. The van der Waals surface area contributed by atoms with Crippen LogP contribution in [0.5, 0.6) is 0 Å². The lowest BCUT2D eigenvalue weighted by Crippen LogP contribution is -2.49. The van der Waals surface area contributed by atoms with Crippen LogP contribution in [0.1, 0.15) is 68.2 Å². The third-order valence-electron chi connectivity index (χ3n) is 7.48. The standard InChI is InChI=1S/C29H35Cl2N7O/c1-4-5-11-37(3)16-20-8-6-7-12-38(20)29(39)21-15-25-22(14-23(21)31)28(33-17-32-25)34-18(2)27-35-24-10-9-19(30)13-26(24)36-27/h9-10,13-15,17-18,20H,4-8,11-12,16H2,1-3H3,(H,35,36)(H,32,33,34)/t18-,20-/m1/s1. The van der Waals surface area contributed by atoms with Gasteiger partial charge in [-0.15, -0.1) is 0 Å². The molecule has 2 aromatic carbocycles. The Kier molecular flexibility index (Phi) is 8.54. The number of H-pyrrole nitrogens is 1. The Morgan fingerprint density at radius 2 is 2.05 bits per heavy atom. The third kappa shape index (κ3) is 6.13. The quantitative estimate of drug-likeness (QED) is 0.233. The molecule has 5 rings (SSSR count). The van der Waals surface area contributed by atoms with Crippen molar-refractivity contribution < 1.29 is 4.79 Å². The van der Waals surface area contributed by atoms with Crippen molar-refractivity contribution in [2.75, 3.05) is 32.0 Å². The van der Waals surface area contributed by atoms with Crippen molar-refractivity contribution in [3.63, 3.8) is 0 Å². The van der Waals surface area contributed by atoms with E-state index < -0.39 is 0 Å². The van der Waals surface area contributed by atoms with Crippen LogP contribution in [-0.4, -0.2) is 68.4 Å². The molecule has 1 fully saturated rings. The summed E-state index contributed by atoms with van der Waals surface area (Å²) in [4.78, 5) is 35.1. The number of nitrogens with one attached hydrogen (secondary N) is 2. The van der Waals surface area contributed by atoms with Crippen LogP contribution in [0.4, 0.5) is 5.82 Å². The molecule has 1 saturated heterocycles. The number of anilines is 1. The Hall–Kier alpha value is -2.94. The number of fused-ring (bicyclic) bond motifs is 2. The summed E-state index contributed by atoms with van der Waals surface area (Å²) in [5, 5.41) is 5.23. The van der Waals surface area contributed by atoms with Gasteiger partial charge in [-0.3, -0.25) is 4.79 Å². The Balaban J connectivity index is 1.38. The first kappa shape index (κ1) is 27.6. The number of imidazole rings is 1. The lowest BCUT2D eigenvalue weighted by Gasteiger charge is -2.38. The van der Waals surface area contributed by atoms with Gasteiger partial charge in [-0.25, -0.2) is 15.0 Å². The zero-order chi connectivity index (χ0) is 27.5. The van der Waals surface area contributed by atoms with Crippen LogP contribution in [0, 0.1) is 0 Å². The minimum atomic E-state index is -0.173. The molecule has 3 heterocycles. The number of amides is 1. The van der Waals surface area contributed by atoms with Crippen LogP contribution in [0.3, 0.4) is 0 Å². The van der Waals surface area contributed by atoms with E-state index in [0.717, 1.165) is 74.0 Å². The molecule has 8 nitrogen and oxygen atoms in total. The second kappa shape index (κ2) is 12.1. The molecule has 10 heteroatoms. The Bertz CT molecular complexity index is 1470. The van der Waals surface area contributed by atoms with Crippen LogP contribution < -0.4 is 5.32 Å². The van der Waals surface area contributed by atoms with Crippen molar-refractivity contribution in [3.8, 4) is 0 Å². The van der Waals surface area contributed by atoms with Gasteiger partial charge in [-0.1, -0.05) is 36.5 Å². The molecule has 39 heavy (non-hydrogen) atoms. The van der Waals surface area contributed by atoms with Crippen LogP contribution in [-0.2, 0) is 0 Å². The molecule has 0 aliphatic carbocycles. The summed E-state index contributed by atoms with van der Waals surface area (Å²) < 4.78 is 0. The van der Waals surface area contributed by atoms with Gasteiger partial charge in [-0.2, -0.15) is 0 Å². The van der Waals surface area contributed by atoms with Gasteiger partial charge in [0.25, 0.3) is 5.91 Å². The first-order valence-electron chi connectivity index (χ1n) is 13.7. The molecule has 1 aliphatic rings. The number of aromatic nitrogens is 4. The normalized spacial score (nSPS) is 16.8. The summed E-state index contributed by atoms with van der Waals surface area (Å²) in [5.74, 6) is 1.36. The fourth-order valence-electron chi connectivity index (χ4n) is 5.33. The van der Waals surface area contributed by atoms with Crippen LogP contribution >= 0.6 is 23.2 Å². The summed E-state index contributed by atoms with van der Waals surface area (Å²) in [5.41, 5.74) is 2.86. The number of piperidine rings is 1. The van der Waals surface area contributed by atoms with E-state index in [1.54, 1.807) is 12.1 Å². The number of unbranched alkanes of at least 4 members (excludes halogenated alkanes) is 1. The van der Waals surface area contributed by atoms with Crippen LogP contribution in [0.2, 0.25) is 10.0 Å². The van der Waals surface area contributed by atoms with E-state index in [-0.39, 0.29) is 18.0 Å². The molecule has 2 N–H and O–H groups in total. The summed E-state index contributed by atoms with van der Waals surface area (Å²) in [7, 11) is 2.14. The number of rotatable bonds is 9. The molecule has 0 saturated carbocycles. The van der Waals surface area contributed by atoms with E-state index >= 15 is 0 Å². The molecule has 0 radical (unpaired) electrons. The highest BCUT2D eigenvalue weighted by Crippen LogP contribution is 2.31. The number of carbonyl (C=O) groups is 1. The maximum absolute atomic E-state index is 13.8. The van der Waals surface area contributed by atoms with Gasteiger partial charge >= 0.3 is 0 Å². The summed E-state index contributed by atoms with van der Waals surface area (Å²) in [6.45, 7) is 6.86. The lowest BCUT2D eigenvalue weighted by atomic mass is 9.99. The number of aromatic amines is 1. The number of hydrogen-bond donors (Lipinski definition) is 2. The second-order valence-corrected chi connectivity index (χ2v) is 11.3. The van der Waals surface area contributed by atoms with Gasteiger partial charge in [0.2, 0.25) is 0 Å². The van der Waals surface area contributed by atoms with Gasteiger partial charge in [0.05, 0.1) is 33.2 Å². The smallest absolute Gasteiger partial charge is 0.255 e. The zero-order valence-electron chi connectivity index (χ0n) is 22.7. The molecular formula is C29H35Cl2N7O. The molecule has 2 atom stereocenters. The fraction of sp³-hybridized carbons (Fsp3) is 0.448. The van der Waals surface area contributed by atoms with Gasteiger partial charge < -0.3 is 20.1 Å². The molecule has 2 aromatic heterocycles. The van der Waals surface area contributed by atoms with Crippen molar-refractivity contribution >= 4 is 56.9 Å². The fourth-order valence-corrected chi connectivity index (χ4v) is 5.74. The Morgan fingerprint density at radius 1 is 1.21 bits per heavy atom. The number of likely N-dealkylation sites (N-methyl/N-ethyl adjacent to an activating group) is 1. The number of likely N-dealkylation sites (tertiary alicyclic amines) is 1. The van der Waals surface area contributed by atoms with Crippen LogP contribution in [0.25, 0.3) is 21.9 Å². The third-order valence-corrected chi connectivity index (χ3v) is 8.03. The monoisotopic (exact) mass is 567 g/mol. The maximum Gasteiger partial charge on any atom is 0.255 e. The molecule has 0 bridgehead atoms. The predicted molar refractivity (Wildman–Crippen MR) is 159 cm³/mol. The number of halogens is 2. The maximum atomic E-state index is 13.8. The average Bonchev–Trinajstić information content (AvgIpc) is 3.35. The first-order chi connectivity index (χ1) is 18.8. The highest BCUT2D eigenvalue weighted by Gasteiger charge is 2.30. The predicted octanol–water partition coefficient (Wildman–Crippen LogP) is 6.71. The first-order valence-corrected chi connectivity index (χ1v) is 14.4. The number of nitrogens with zero attached hydrogens (tertiary/aromatic N) is 5. The summed E-state index contributed by atoms with van der Waals surface area (Å²) in [6.07, 6.45) is 6.98. The SMILES string of the molecule is CCCCN(C)C[C@H]1CCCCN1C(=O)c1cc2ncnc(N[C@H](C)c3nc4ccc(Cl)cc4[nH]3)c2cc1Cl. The Morgan fingerprint density at radius 3 is 2.87 bits per heavy atom. The van der Waals surface area contributed by atoms with E-state index in [1.165, 1.54) is 6.33 Å². The topological polar surface area (TPSA) is 90.0 Å². The van der Waals surface area contributed by atoms with Gasteiger partial charge in [0, 0.05) is 29.5 Å². The molecule has 0 spiro atoms. The minimum Gasteiger partial charge on any atom is -0.360 e. The van der Waals surface area contributed by atoms with Crippen molar-refractivity contribution in [2.45, 2.75) is 58.0 Å². The molecular weight excluding hydrogens is 533 g/mol. The van der Waals surface area contributed by atoms with Crippen molar-refractivity contribution in [1.82, 2.24) is 29.7 Å². The van der Waals surface area contributed by atoms with E-state index in [1.807, 2.05) is 30.0 Å².